The van der Waals surface area contributed by atoms with Crippen LogP contribution in [0.15, 0.2) is 88.1 Å². The molecule has 184 valence electrons. The van der Waals surface area contributed by atoms with Gasteiger partial charge in [0.2, 0.25) is 5.13 Å². The second-order valence-electron chi connectivity index (χ2n) is 8.06. The highest BCUT2D eigenvalue weighted by molar-refractivity contribution is 8.00. The number of rotatable bonds is 7. The van der Waals surface area contributed by atoms with Crippen molar-refractivity contribution in [2.75, 3.05) is 16.2 Å². The summed E-state index contributed by atoms with van der Waals surface area (Å²) in [6.45, 7) is 1.70. The molecule has 8 nitrogen and oxygen atoms in total. The molecule has 5 rings (SSSR count). The number of nitrogens with one attached hydrogen (secondary N) is 1. The minimum Gasteiger partial charge on any atom is -0.476 e. The van der Waals surface area contributed by atoms with Crippen LogP contribution in [-0.2, 0) is 20.6 Å². The van der Waals surface area contributed by atoms with Crippen LogP contribution >= 0.6 is 23.1 Å². The zero-order valence-electron chi connectivity index (χ0n) is 19.2. The first kappa shape index (κ1) is 24.3. The van der Waals surface area contributed by atoms with Gasteiger partial charge in [-0.2, -0.15) is 0 Å². The van der Waals surface area contributed by atoms with Crippen molar-refractivity contribution in [3.63, 3.8) is 0 Å². The monoisotopic (exact) mass is 538 g/mol. The van der Waals surface area contributed by atoms with Crippen LogP contribution in [0.2, 0.25) is 0 Å². The molecule has 0 spiro atoms. The molecule has 36 heavy (non-hydrogen) atoms. The van der Waals surface area contributed by atoms with Gasteiger partial charge < -0.3 is 4.74 Å². The van der Waals surface area contributed by atoms with E-state index in [1.165, 1.54) is 39.5 Å². The SMILES string of the molecule is Cc1ccc2c(c1)O[C@H](C(=O)Nc1nnc(SCc3ccccc3)s1)CN2S(=O)(=O)c1ccccc1. The number of aromatic nitrogens is 2. The fourth-order valence-electron chi connectivity index (χ4n) is 3.67. The van der Waals surface area contributed by atoms with E-state index in [1.54, 1.807) is 30.3 Å². The highest BCUT2D eigenvalue weighted by Crippen LogP contribution is 2.38. The third-order valence-electron chi connectivity index (χ3n) is 5.45. The van der Waals surface area contributed by atoms with E-state index >= 15 is 0 Å². The Morgan fingerprint density at radius 3 is 2.56 bits per heavy atom. The van der Waals surface area contributed by atoms with E-state index in [0.717, 1.165) is 16.9 Å². The van der Waals surface area contributed by atoms with Gasteiger partial charge in [0.1, 0.15) is 5.75 Å². The molecule has 0 aliphatic carbocycles. The maximum Gasteiger partial charge on any atom is 0.269 e. The summed E-state index contributed by atoms with van der Waals surface area (Å²) in [5, 5.41) is 11.3. The third kappa shape index (κ3) is 5.23. The zero-order valence-corrected chi connectivity index (χ0v) is 21.6. The Balaban J connectivity index is 1.34. The quantitative estimate of drug-likeness (QED) is 0.268. The number of fused-ring (bicyclic) bond motifs is 1. The molecule has 1 aliphatic rings. The number of nitrogens with zero attached hydrogens (tertiary/aromatic N) is 3. The molecule has 3 aromatic carbocycles. The molecule has 0 fully saturated rings. The third-order valence-corrected chi connectivity index (χ3v) is 9.29. The van der Waals surface area contributed by atoms with E-state index in [4.69, 9.17) is 4.74 Å². The molecule has 1 N–H and O–H groups in total. The van der Waals surface area contributed by atoms with Gasteiger partial charge in [0.05, 0.1) is 17.1 Å². The normalized spacial score (nSPS) is 15.1. The van der Waals surface area contributed by atoms with Gasteiger partial charge in [0.15, 0.2) is 10.4 Å². The molecular weight excluding hydrogens is 517 g/mol. The summed E-state index contributed by atoms with van der Waals surface area (Å²) in [5.74, 6) is 0.570. The zero-order chi connectivity index (χ0) is 25.1. The molecule has 4 aromatic rings. The van der Waals surface area contributed by atoms with Gasteiger partial charge in [0, 0.05) is 5.75 Å². The number of sulfonamides is 1. The van der Waals surface area contributed by atoms with Crippen LogP contribution in [0.1, 0.15) is 11.1 Å². The first-order valence-electron chi connectivity index (χ1n) is 11.1. The van der Waals surface area contributed by atoms with Crippen LogP contribution in [0.3, 0.4) is 0 Å². The van der Waals surface area contributed by atoms with Crippen LogP contribution in [0.5, 0.6) is 5.75 Å². The summed E-state index contributed by atoms with van der Waals surface area (Å²) in [6.07, 6.45) is -1.07. The highest BCUT2D eigenvalue weighted by atomic mass is 32.2. The number of benzene rings is 3. The molecule has 11 heteroatoms. The van der Waals surface area contributed by atoms with Crippen LogP contribution in [0.25, 0.3) is 0 Å². The van der Waals surface area contributed by atoms with Gasteiger partial charge in [-0.3, -0.25) is 14.4 Å². The Morgan fingerprint density at radius 2 is 1.81 bits per heavy atom. The lowest BCUT2D eigenvalue weighted by atomic mass is 10.1. The topological polar surface area (TPSA) is 101 Å². The Morgan fingerprint density at radius 1 is 1.08 bits per heavy atom. The number of amides is 1. The van der Waals surface area contributed by atoms with Gasteiger partial charge >= 0.3 is 0 Å². The molecule has 1 atom stereocenters. The first-order valence-corrected chi connectivity index (χ1v) is 14.3. The lowest BCUT2D eigenvalue weighted by Gasteiger charge is -2.34. The minimum absolute atomic E-state index is 0.141. The number of ether oxygens (including phenoxy) is 1. The molecule has 1 amide bonds. The standard InChI is InChI=1S/C25H22N4O4S3/c1-17-12-13-20-21(14-17)33-22(15-29(20)36(31,32)19-10-6-3-7-11-19)23(30)26-24-27-28-25(35-24)34-16-18-8-4-2-5-9-18/h2-14,22H,15-16H2,1H3,(H,26,27,30)/t22-/m0/s1. The van der Waals surface area contributed by atoms with Gasteiger partial charge in [0.25, 0.3) is 15.9 Å². The van der Waals surface area contributed by atoms with Gasteiger partial charge in [-0.05, 0) is 42.3 Å². The number of hydrogen-bond acceptors (Lipinski definition) is 8. The molecule has 1 aromatic heterocycles. The number of hydrogen-bond donors (Lipinski definition) is 1. The molecule has 0 unspecified atom stereocenters. The Kier molecular flexibility index (Phi) is 6.95. The fourth-order valence-corrected chi connectivity index (χ4v) is 6.88. The molecule has 1 aliphatic heterocycles. The summed E-state index contributed by atoms with van der Waals surface area (Å²) in [4.78, 5) is 13.3. The van der Waals surface area contributed by atoms with Gasteiger partial charge in [-0.25, -0.2) is 8.42 Å². The maximum absolute atomic E-state index is 13.5. The number of aryl methyl sites for hydroxylation is 1. The Labute approximate surface area is 217 Å². The predicted molar refractivity (Wildman–Crippen MR) is 141 cm³/mol. The van der Waals surface area contributed by atoms with Crippen molar-refractivity contribution in [2.24, 2.45) is 0 Å². The van der Waals surface area contributed by atoms with E-state index in [1.807, 2.05) is 43.3 Å². The lowest BCUT2D eigenvalue weighted by molar-refractivity contribution is -0.122. The average molecular weight is 539 g/mol. The number of anilines is 2. The summed E-state index contributed by atoms with van der Waals surface area (Å²) < 4.78 is 34.8. The van der Waals surface area contributed by atoms with E-state index in [2.05, 4.69) is 15.5 Å². The van der Waals surface area contributed by atoms with Crippen LogP contribution in [0, 0.1) is 6.92 Å². The van der Waals surface area contributed by atoms with Crippen molar-refractivity contribution in [1.82, 2.24) is 10.2 Å². The average Bonchev–Trinajstić information content (AvgIpc) is 3.34. The van der Waals surface area contributed by atoms with Crippen molar-refractivity contribution in [3.8, 4) is 5.75 Å². The molecule has 2 heterocycles. The van der Waals surface area contributed by atoms with Crippen molar-refractivity contribution in [2.45, 2.75) is 28.0 Å². The van der Waals surface area contributed by atoms with E-state index < -0.39 is 22.0 Å². The van der Waals surface area contributed by atoms with Crippen molar-refractivity contribution >= 4 is 49.8 Å². The van der Waals surface area contributed by atoms with Crippen molar-refractivity contribution in [1.29, 1.82) is 0 Å². The molecular formula is C25H22N4O4S3. The fraction of sp³-hybridized carbons (Fsp3) is 0.160. The van der Waals surface area contributed by atoms with Crippen molar-refractivity contribution in [3.05, 3.63) is 90.0 Å². The molecule has 0 saturated carbocycles. The second-order valence-corrected chi connectivity index (χ2v) is 12.1. The van der Waals surface area contributed by atoms with Gasteiger partial charge in [-0.1, -0.05) is 77.7 Å². The number of thioether (sulfide) groups is 1. The van der Waals surface area contributed by atoms with Crippen molar-refractivity contribution < 1.29 is 17.9 Å². The van der Waals surface area contributed by atoms with E-state index in [-0.39, 0.29) is 11.4 Å². The summed E-state index contributed by atoms with van der Waals surface area (Å²) in [6, 6.07) is 23.4. The summed E-state index contributed by atoms with van der Waals surface area (Å²) >= 11 is 2.78. The maximum atomic E-state index is 13.5. The Bertz CT molecular complexity index is 1480. The summed E-state index contributed by atoms with van der Waals surface area (Å²) in [5.41, 5.74) is 2.44. The number of carbonyl (C=O) groups excluding carboxylic acids is 1. The van der Waals surface area contributed by atoms with Crippen LogP contribution < -0.4 is 14.4 Å². The van der Waals surface area contributed by atoms with Crippen LogP contribution in [0.4, 0.5) is 10.8 Å². The smallest absolute Gasteiger partial charge is 0.269 e. The summed E-state index contributed by atoms with van der Waals surface area (Å²) in [7, 11) is -3.91. The van der Waals surface area contributed by atoms with E-state index in [9.17, 15) is 13.2 Å². The predicted octanol–water partition coefficient (Wildman–Crippen LogP) is 4.73. The van der Waals surface area contributed by atoms with E-state index in [0.29, 0.717) is 20.9 Å². The molecule has 0 saturated heterocycles. The highest BCUT2D eigenvalue weighted by Gasteiger charge is 2.38. The second kappa shape index (κ2) is 10.3. The Hall–Kier alpha value is -3.41. The molecule has 0 radical (unpaired) electrons. The van der Waals surface area contributed by atoms with Crippen LogP contribution in [-0.4, -0.2) is 37.2 Å². The lowest BCUT2D eigenvalue weighted by Crippen LogP contribution is -2.48. The number of carbonyl (C=O) groups is 1. The largest absolute Gasteiger partial charge is 0.476 e. The molecule has 0 bridgehead atoms. The first-order chi connectivity index (χ1) is 17.4. The minimum atomic E-state index is -3.91. The van der Waals surface area contributed by atoms with Gasteiger partial charge in [-0.15, -0.1) is 10.2 Å².